The van der Waals surface area contributed by atoms with Gasteiger partial charge in [0, 0.05) is 10.6 Å². The summed E-state index contributed by atoms with van der Waals surface area (Å²) in [4.78, 5) is 25.2. The monoisotopic (exact) mass is 505 g/mol. The van der Waals surface area contributed by atoms with Crippen LogP contribution in [0.25, 0.3) is 11.3 Å². The predicted octanol–water partition coefficient (Wildman–Crippen LogP) is 5.65. The Hall–Kier alpha value is -3.87. The summed E-state index contributed by atoms with van der Waals surface area (Å²) in [7, 11) is 0. The quantitative estimate of drug-likeness (QED) is 0.239. The van der Waals surface area contributed by atoms with E-state index in [2.05, 4.69) is 15.8 Å². The van der Waals surface area contributed by atoms with Gasteiger partial charge in [0.15, 0.2) is 0 Å². The Balaban J connectivity index is 1.34. The van der Waals surface area contributed by atoms with Crippen molar-refractivity contribution in [1.82, 2.24) is 10.7 Å². The van der Waals surface area contributed by atoms with Crippen LogP contribution in [0.15, 0.2) is 101 Å². The lowest BCUT2D eigenvalue weighted by Gasteiger charge is -2.17. The van der Waals surface area contributed by atoms with E-state index in [4.69, 9.17) is 27.6 Å². The Morgan fingerprint density at radius 1 is 0.886 bits per heavy atom. The Morgan fingerprint density at radius 2 is 1.54 bits per heavy atom. The molecule has 1 aromatic heterocycles. The van der Waals surface area contributed by atoms with Gasteiger partial charge in [-0.05, 0) is 41.5 Å². The third-order valence-electron chi connectivity index (χ3n) is 5.16. The van der Waals surface area contributed by atoms with Gasteiger partial charge in [-0.15, -0.1) is 0 Å². The molecule has 35 heavy (non-hydrogen) atoms. The van der Waals surface area contributed by atoms with E-state index in [1.54, 1.807) is 30.3 Å². The molecule has 0 aliphatic heterocycles. The van der Waals surface area contributed by atoms with Crippen LogP contribution in [0.2, 0.25) is 10.0 Å². The second-order valence-corrected chi connectivity index (χ2v) is 8.44. The van der Waals surface area contributed by atoms with Gasteiger partial charge in [0.2, 0.25) is 5.91 Å². The van der Waals surface area contributed by atoms with Crippen molar-refractivity contribution in [2.75, 3.05) is 6.54 Å². The molecule has 8 heteroatoms. The summed E-state index contributed by atoms with van der Waals surface area (Å²) in [6.45, 7) is -0.226. The first-order valence-corrected chi connectivity index (χ1v) is 11.5. The first kappa shape index (κ1) is 24.3. The standard InChI is InChI=1S/C27H21Cl2N3O3/c28-20-11-13-22(23(29)15-20)24-14-12-21(35-24)16-31-32-25(33)17-30-27(34)26(18-7-3-1-4-8-18)19-9-5-2-6-10-19/h1-16,26H,17H2,(H,30,34)(H,32,33)/b31-16+. The van der Waals surface area contributed by atoms with Crippen molar-refractivity contribution >= 4 is 41.2 Å². The highest BCUT2D eigenvalue weighted by Gasteiger charge is 2.22. The topological polar surface area (TPSA) is 83.7 Å². The van der Waals surface area contributed by atoms with Crippen LogP contribution in [0.5, 0.6) is 0 Å². The highest BCUT2D eigenvalue weighted by molar-refractivity contribution is 6.36. The molecule has 1 heterocycles. The smallest absolute Gasteiger partial charge is 0.259 e. The molecule has 0 saturated carbocycles. The number of hydrogen-bond donors (Lipinski definition) is 2. The van der Waals surface area contributed by atoms with Gasteiger partial charge in [0.1, 0.15) is 11.5 Å². The van der Waals surface area contributed by atoms with Crippen molar-refractivity contribution in [3.63, 3.8) is 0 Å². The van der Waals surface area contributed by atoms with E-state index in [9.17, 15) is 9.59 Å². The second kappa shape index (κ2) is 11.5. The molecule has 0 aliphatic carbocycles. The summed E-state index contributed by atoms with van der Waals surface area (Å²) in [5, 5.41) is 7.58. The molecule has 0 aliphatic rings. The number of hydrazone groups is 1. The number of halogens is 2. The van der Waals surface area contributed by atoms with Gasteiger partial charge in [-0.3, -0.25) is 9.59 Å². The molecule has 0 unspecified atom stereocenters. The van der Waals surface area contributed by atoms with E-state index in [1.807, 2.05) is 60.7 Å². The maximum Gasteiger partial charge on any atom is 0.259 e. The highest BCUT2D eigenvalue weighted by atomic mass is 35.5. The van der Waals surface area contributed by atoms with E-state index >= 15 is 0 Å². The number of hydrogen-bond acceptors (Lipinski definition) is 4. The Bertz CT molecular complexity index is 1300. The number of nitrogens with one attached hydrogen (secondary N) is 2. The van der Waals surface area contributed by atoms with Crippen molar-refractivity contribution in [2.24, 2.45) is 5.10 Å². The molecule has 4 rings (SSSR count). The summed E-state index contributed by atoms with van der Waals surface area (Å²) >= 11 is 12.1. The fourth-order valence-electron chi connectivity index (χ4n) is 3.52. The minimum atomic E-state index is -0.532. The number of carbonyl (C=O) groups is 2. The van der Waals surface area contributed by atoms with Crippen LogP contribution in [0.4, 0.5) is 0 Å². The van der Waals surface area contributed by atoms with Gasteiger partial charge in [-0.25, -0.2) is 5.43 Å². The zero-order chi connectivity index (χ0) is 24.6. The molecule has 6 nitrogen and oxygen atoms in total. The zero-order valence-corrected chi connectivity index (χ0v) is 20.0. The van der Waals surface area contributed by atoms with E-state index in [0.29, 0.717) is 27.1 Å². The molecule has 4 aromatic rings. The molecular weight excluding hydrogens is 485 g/mol. The average Bonchev–Trinajstić information content (AvgIpc) is 3.33. The van der Waals surface area contributed by atoms with E-state index in [0.717, 1.165) is 11.1 Å². The largest absolute Gasteiger partial charge is 0.455 e. The predicted molar refractivity (Wildman–Crippen MR) is 138 cm³/mol. The highest BCUT2D eigenvalue weighted by Crippen LogP contribution is 2.31. The summed E-state index contributed by atoms with van der Waals surface area (Å²) in [5.41, 5.74) is 4.75. The van der Waals surface area contributed by atoms with Gasteiger partial charge in [0.25, 0.3) is 5.91 Å². The Morgan fingerprint density at radius 3 is 2.17 bits per heavy atom. The van der Waals surface area contributed by atoms with Crippen LogP contribution in [-0.4, -0.2) is 24.6 Å². The lowest BCUT2D eigenvalue weighted by Crippen LogP contribution is -2.37. The molecule has 0 fully saturated rings. The van der Waals surface area contributed by atoms with E-state index < -0.39 is 11.8 Å². The number of carbonyl (C=O) groups excluding carboxylic acids is 2. The van der Waals surface area contributed by atoms with Gasteiger partial charge >= 0.3 is 0 Å². The van der Waals surface area contributed by atoms with Crippen LogP contribution in [0.1, 0.15) is 22.8 Å². The zero-order valence-electron chi connectivity index (χ0n) is 18.4. The maximum absolute atomic E-state index is 13.0. The van der Waals surface area contributed by atoms with E-state index in [1.165, 1.54) is 6.21 Å². The summed E-state index contributed by atoms with van der Waals surface area (Å²) in [6.07, 6.45) is 1.36. The third kappa shape index (κ3) is 6.38. The summed E-state index contributed by atoms with van der Waals surface area (Å²) < 4.78 is 5.70. The Kier molecular flexibility index (Phi) is 7.98. The minimum Gasteiger partial charge on any atom is -0.455 e. The van der Waals surface area contributed by atoms with Crippen molar-refractivity contribution < 1.29 is 14.0 Å². The fraction of sp³-hybridized carbons (Fsp3) is 0.0741. The second-order valence-electron chi connectivity index (χ2n) is 7.59. The normalized spacial score (nSPS) is 11.1. The number of amides is 2. The molecule has 0 saturated heterocycles. The van der Waals surface area contributed by atoms with Gasteiger partial charge in [-0.2, -0.15) is 5.10 Å². The van der Waals surface area contributed by atoms with Gasteiger partial charge in [0.05, 0.1) is 23.7 Å². The van der Waals surface area contributed by atoms with Crippen molar-refractivity contribution in [3.05, 3.63) is 118 Å². The fourth-order valence-corrected chi connectivity index (χ4v) is 4.02. The molecule has 0 spiro atoms. The van der Waals surface area contributed by atoms with Crippen LogP contribution in [0.3, 0.4) is 0 Å². The molecule has 176 valence electrons. The van der Waals surface area contributed by atoms with Gasteiger partial charge < -0.3 is 9.73 Å². The summed E-state index contributed by atoms with van der Waals surface area (Å²) in [6, 6.07) is 27.4. The maximum atomic E-state index is 13.0. The molecule has 0 bridgehead atoms. The number of furan rings is 1. The summed E-state index contributed by atoms with van der Waals surface area (Å²) in [5.74, 6) is -0.322. The molecule has 0 radical (unpaired) electrons. The molecule has 3 aromatic carbocycles. The SMILES string of the molecule is O=C(CNC(=O)C(c1ccccc1)c1ccccc1)N/N=C/c1ccc(-c2ccc(Cl)cc2Cl)o1. The van der Waals surface area contributed by atoms with Gasteiger partial charge in [-0.1, -0.05) is 83.9 Å². The lowest BCUT2D eigenvalue weighted by atomic mass is 9.90. The first-order chi connectivity index (χ1) is 17.0. The molecule has 2 N–H and O–H groups in total. The van der Waals surface area contributed by atoms with Crippen molar-refractivity contribution in [1.29, 1.82) is 0 Å². The van der Waals surface area contributed by atoms with Crippen LogP contribution < -0.4 is 10.7 Å². The third-order valence-corrected chi connectivity index (χ3v) is 5.70. The minimum absolute atomic E-state index is 0.226. The lowest BCUT2D eigenvalue weighted by molar-refractivity contribution is -0.126. The Labute approximate surface area is 212 Å². The average molecular weight is 506 g/mol. The number of rotatable bonds is 8. The molecule has 2 amide bonds. The number of nitrogens with zero attached hydrogens (tertiary/aromatic N) is 1. The first-order valence-electron chi connectivity index (χ1n) is 10.8. The number of benzene rings is 3. The van der Waals surface area contributed by atoms with Crippen LogP contribution >= 0.6 is 23.2 Å². The van der Waals surface area contributed by atoms with Crippen LogP contribution in [-0.2, 0) is 9.59 Å². The molecule has 0 atom stereocenters. The molecular formula is C27H21Cl2N3O3. The van der Waals surface area contributed by atoms with E-state index in [-0.39, 0.29) is 12.5 Å². The van der Waals surface area contributed by atoms with Crippen molar-refractivity contribution in [3.8, 4) is 11.3 Å². The van der Waals surface area contributed by atoms with Crippen molar-refractivity contribution in [2.45, 2.75) is 5.92 Å². The van der Waals surface area contributed by atoms with Crippen LogP contribution in [0, 0.1) is 0 Å².